The first kappa shape index (κ1) is 15.3. The van der Waals surface area contributed by atoms with Crippen LogP contribution in [0.5, 0.6) is 5.75 Å². The summed E-state index contributed by atoms with van der Waals surface area (Å²) in [5.74, 6) is 2.54. The summed E-state index contributed by atoms with van der Waals surface area (Å²) in [4.78, 5) is 4.58. The van der Waals surface area contributed by atoms with Crippen molar-refractivity contribution in [2.24, 2.45) is 0 Å². The van der Waals surface area contributed by atoms with Gasteiger partial charge in [0.05, 0.1) is 12.6 Å². The Morgan fingerprint density at radius 2 is 1.70 bits per heavy atom. The number of aryl methyl sites for hydroxylation is 1. The van der Waals surface area contributed by atoms with Crippen LogP contribution in [0.4, 0.5) is 0 Å². The predicted octanol–water partition coefficient (Wildman–Crippen LogP) is 4.09. The molecule has 0 fully saturated rings. The van der Waals surface area contributed by atoms with Crippen molar-refractivity contribution >= 4 is 0 Å². The highest BCUT2D eigenvalue weighted by Crippen LogP contribution is 2.23. The number of hydrogen-bond donors (Lipinski definition) is 0. The molecule has 0 N–H and O–H groups in total. The van der Waals surface area contributed by atoms with Crippen molar-refractivity contribution in [1.82, 2.24) is 14.8 Å². The van der Waals surface area contributed by atoms with E-state index in [1.54, 1.807) is 0 Å². The fourth-order valence-electron chi connectivity index (χ4n) is 2.53. The lowest BCUT2D eigenvalue weighted by atomic mass is 10.2. The average molecular weight is 307 g/mol. The highest BCUT2D eigenvalue weighted by atomic mass is 16.5. The lowest BCUT2D eigenvalue weighted by Gasteiger charge is -2.14. The first-order chi connectivity index (χ1) is 11.1. The molecule has 0 unspecified atom stereocenters. The van der Waals surface area contributed by atoms with Crippen LogP contribution in [0.25, 0.3) is 11.4 Å². The molecule has 118 valence electrons. The SMILES string of the molecule is Cc1nc(-c2ccccc2)n(Cc2ccccc2OC(C)C)n1. The van der Waals surface area contributed by atoms with Crippen molar-refractivity contribution in [3.05, 3.63) is 66.0 Å². The second kappa shape index (κ2) is 6.65. The third-order valence-electron chi connectivity index (χ3n) is 3.47. The molecule has 0 saturated carbocycles. The van der Waals surface area contributed by atoms with Gasteiger partial charge in [0.25, 0.3) is 0 Å². The van der Waals surface area contributed by atoms with Gasteiger partial charge in [0.15, 0.2) is 5.82 Å². The summed E-state index contributed by atoms with van der Waals surface area (Å²) in [7, 11) is 0. The predicted molar refractivity (Wildman–Crippen MR) is 91.5 cm³/mol. The van der Waals surface area contributed by atoms with E-state index in [1.165, 1.54) is 0 Å². The monoisotopic (exact) mass is 307 g/mol. The maximum absolute atomic E-state index is 5.91. The minimum Gasteiger partial charge on any atom is -0.491 e. The Morgan fingerprint density at radius 3 is 2.43 bits per heavy atom. The Labute approximate surface area is 136 Å². The Bertz CT molecular complexity index is 778. The van der Waals surface area contributed by atoms with Crippen LogP contribution < -0.4 is 4.74 Å². The van der Waals surface area contributed by atoms with Gasteiger partial charge in [0.2, 0.25) is 0 Å². The number of aromatic nitrogens is 3. The standard InChI is InChI=1S/C19H21N3O/c1-14(2)23-18-12-8-7-11-17(18)13-22-19(20-15(3)21-22)16-9-5-4-6-10-16/h4-12,14H,13H2,1-3H3. The Kier molecular flexibility index (Phi) is 4.42. The largest absolute Gasteiger partial charge is 0.491 e. The maximum Gasteiger partial charge on any atom is 0.158 e. The number of rotatable bonds is 5. The van der Waals surface area contributed by atoms with E-state index >= 15 is 0 Å². The van der Waals surface area contributed by atoms with E-state index in [4.69, 9.17) is 4.74 Å². The molecular weight excluding hydrogens is 286 g/mol. The average Bonchev–Trinajstić information content (AvgIpc) is 2.90. The summed E-state index contributed by atoms with van der Waals surface area (Å²) >= 11 is 0. The minimum atomic E-state index is 0.141. The van der Waals surface area contributed by atoms with Crippen molar-refractivity contribution in [3.63, 3.8) is 0 Å². The molecule has 0 saturated heterocycles. The fourth-order valence-corrected chi connectivity index (χ4v) is 2.53. The Balaban J connectivity index is 1.96. The molecule has 1 aromatic heterocycles. The van der Waals surface area contributed by atoms with Crippen LogP contribution in [0.2, 0.25) is 0 Å². The van der Waals surface area contributed by atoms with Crippen LogP contribution in [0.3, 0.4) is 0 Å². The summed E-state index contributed by atoms with van der Waals surface area (Å²) in [6, 6.07) is 18.2. The number of ether oxygens (including phenoxy) is 1. The van der Waals surface area contributed by atoms with E-state index < -0.39 is 0 Å². The van der Waals surface area contributed by atoms with E-state index in [0.717, 1.165) is 28.5 Å². The second-order valence-electron chi connectivity index (χ2n) is 5.78. The first-order valence-electron chi connectivity index (χ1n) is 7.85. The molecule has 1 heterocycles. The van der Waals surface area contributed by atoms with E-state index in [2.05, 4.69) is 28.3 Å². The highest BCUT2D eigenvalue weighted by molar-refractivity contribution is 5.55. The quantitative estimate of drug-likeness (QED) is 0.713. The van der Waals surface area contributed by atoms with Gasteiger partial charge in [0, 0.05) is 11.1 Å². The number of benzene rings is 2. The van der Waals surface area contributed by atoms with Gasteiger partial charge < -0.3 is 4.74 Å². The summed E-state index contributed by atoms with van der Waals surface area (Å²) in [5.41, 5.74) is 2.17. The number of nitrogens with zero attached hydrogens (tertiary/aromatic N) is 3. The van der Waals surface area contributed by atoms with Gasteiger partial charge in [-0.3, -0.25) is 0 Å². The highest BCUT2D eigenvalue weighted by Gasteiger charge is 2.12. The lowest BCUT2D eigenvalue weighted by molar-refractivity contribution is 0.239. The normalized spacial score (nSPS) is 11.0. The molecule has 0 radical (unpaired) electrons. The molecule has 4 heteroatoms. The van der Waals surface area contributed by atoms with Gasteiger partial charge in [-0.25, -0.2) is 9.67 Å². The summed E-state index contributed by atoms with van der Waals surface area (Å²) < 4.78 is 7.85. The lowest BCUT2D eigenvalue weighted by Crippen LogP contribution is -2.10. The molecule has 0 amide bonds. The smallest absolute Gasteiger partial charge is 0.158 e. The number of para-hydroxylation sites is 1. The Hall–Kier alpha value is -2.62. The van der Waals surface area contributed by atoms with Crippen LogP contribution in [0.1, 0.15) is 25.2 Å². The Morgan fingerprint density at radius 1 is 1.00 bits per heavy atom. The van der Waals surface area contributed by atoms with Gasteiger partial charge in [-0.2, -0.15) is 5.10 Å². The van der Waals surface area contributed by atoms with Gasteiger partial charge in [-0.15, -0.1) is 0 Å². The molecular formula is C19H21N3O. The summed E-state index contributed by atoms with van der Waals surface area (Å²) in [6.07, 6.45) is 0.141. The topological polar surface area (TPSA) is 39.9 Å². The summed E-state index contributed by atoms with van der Waals surface area (Å²) in [6.45, 7) is 6.62. The van der Waals surface area contributed by atoms with Crippen LogP contribution in [-0.4, -0.2) is 20.9 Å². The van der Waals surface area contributed by atoms with Crippen molar-refractivity contribution < 1.29 is 4.74 Å². The van der Waals surface area contributed by atoms with E-state index in [9.17, 15) is 0 Å². The van der Waals surface area contributed by atoms with Crippen LogP contribution in [0.15, 0.2) is 54.6 Å². The van der Waals surface area contributed by atoms with E-state index in [0.29, 0.717) is 6.54 Å². The van der Waals surface area contributed by atoms with Crippen LogP contribution in [0, 0.1) is 6.92 Å². The molecule has 0 aliphatic carbocycles. The van der Waals surface area contributed by atoms with Gasteiger partial charge >= 0.3 is 0 Å². The van der Waals surface area contributed by atoms with Crippen molar-refractivity contribution in [2.75, 3.05) is 0 Å². The molecule has 0 spiro atoms. The first-order valence-corrected chi connectivity index (χ1v) is 7.85. The zero-order valence-electron chi connectivity index (χ0n) is 13.7. The molecule has 0 bridgehead atoms. The molecule has 2 aromatic carbocycles. The molecule has 3 rings (SSSR count). The zero-order chi connectivity index (χ0) is 16.2. The van der Waals surface area contributed by atoms with Gasteiger partial charge in [-0.1, -0.05) is 48.5 Å². The van der Waals surface area contributed by atoms with Crippen molar-refractivity contribution in [3.8, 4) is 17.1 Å². The molecule has 23 heavy (non-hydrogen) atoms. The second-order valence-corrected chi connectivity index (χ2v) is 5.78. The third kappa shape index (κ3) is 3.59. The molecule has 3 aromatic rings. The third-order valence-corrected chi connectivity index (χ3v) is 3.47. The minimum absolute atomic E-state index is 0.141. The van der Waals surface area contributed by atoms with Crippen molar-refractivity contribution in [1.29, 1.82) is 0 Å². The summed E-state index contributed by atoms with van der Waals surface area (Å²) in [5, 5.41) is 4.55. The fraction of sp³-hybridized carbons (Fsp3) is 0.263. The molecule has 0 aliphatic rings. The van der Waals surface area contributed by atoms with E-state index in [1.807, 2.05) is 61.9 Å². The molecule has 0 aliphatic heterocycles. The zero-order valence-corrected chi connectivity index (χ0v) is 13.7. The van der Waals surface area contributed by atoms with Crippen LogP contribution >= 0.6 is 0 Å². The van der Waals surface area contributed by atoms with Gasteiger partial charge in [-0.05, 0) is 26.8 Å². The maximum atomic E-state index is 5.91. The van der Waals surface area contributed by atoms with Crippen molar-refractivity contribution in [2.45, 2.75) is 33.4 Å². The van der Waals surface area contributed by atoms with E-state index in [-0.39, 0.29) is 6.10 Å². The van der Waals surface area contributed by atoms with Gasteiger partial charge in [0.1, 0.15) is 11.6 Å². The molecule has 0 atom stereocenters. The number of hydrogen-bond acceptors (Lipinski definition) is 3. The molecule has 4 nitrogen and oxygen atoms in total. The van der Waals surface area contributed by atoms with Crippen LogP contribution in [-0.2, 0) is 6.54 Å².